The number of nitrogens with zero attached hydrogens (tertiary/aromatic N) is 1. The third-order valence-corrected chi connectivity index (χ3v) is 0.780. The summed E-state index contributed by atoms with van der Waals surface area (Å²) in [5, 5.41) is 0. The van der Waals surface area contributed by atoms with Gasteiger partial charge in [0.1, 0.15) is 0 Å². The van der Waals surface area contributed by atoms with Gasteiger partial charge in [0, 0.05) is 6.54 Å². The van der Waals surface area contributed by atoms with E-state index in [1.165, 1.54) is 0 Å². The summed E-state index contributed by atoms with van der Waals surface area (Å²) in [5.74, 6) is 0. The van der Waals surface area contributed by atoms with E-state index in [0.29, 0.717) is 0 Å². The Hall–Kier alpha value is 0.388. The van der Waals surface area contributed by atoms with E-state index in [1.807, 2.05) is 6.08 Å². The van der Waals surface area contributed by atoms with Crippen molar-refractivity contribution in [1.82, 2.24) is 4.90 Å². The molecule has 0 fully saturated rings. The van der Waals surface area contributed by atoms with Crippen LogP contribution < -0.4 is 0 Å². The Bertz CT molecular complexity index is 53.5. The van der Waals surface area contributed by atoms with Crippen molar-refractivity contribution in [3.8, 4) is 0 Å². The van der Waals surface area contributed by atoms with Crippen molar-refractivity contribution in [2.45, 2.75) is 6.42 Å². The second-order valence-electron chi connectivity index (χ2n) is 1.88. The van der Waals surface area contributed by atoms with E-state index in [-0.39, 0.29) is 43.3 Å². The van der Waals surface area contributed by atoms with Crippen LogP contribution in [0.3, 0.4) is 0 Å². The van der Waals surface area contributed by atoms with Crippen molar-refractivity contribution in [2.24, 2.45) is 0 Å². The fraction of sp³-hybridized carbons (Fsp3) is 0.444. The summed E-state index contributed by atoms with van der Waals surface area (Å²) in [6, 6.07) is 0. The molecule has 0 aromatic rings. The molecule has 0 spiro atoms. The van der Waals surface area contributed by atoms with Gasteiger partial charge in [0.15, 0.2) is 0 Å². The molecule has 1 nitrogen and oxygen atoms in total. The van der Waals surface area contributed by atoms with E-state index in [9.17, 15) is 0 Å². The topological polar surface area (TPSA) is 3.24 Å². The normalized spacial score (nSPS) is 6.09. The molecule has 0 atom stereocenters. The molecule has 11 heavy (non-hydrogen) atoms. The molecule has 0 aliphatic rings. The molecule has 0 unspecified atom stereocenters. The molecule has 72 valence electrons. The van der Waals surface area contributed by atoms with Gasteiger partial charge in [0.25, 0.3) is 0 Å². The number of hydrogen-bond acceptors (Lipinski definition) is 1. The van der Waals surface area contributed by atoms with Crippen LogP contribution in [0.4, 0.5) is 0 Å². The molecule has 0 aliphatic carbocycles. The number of rotatable bonds is 3. The zero-order chi connectivity index (χ0) is 5.70. The molecule has 0 N–H and O–H groups in total. The third kappa shape index (κ3) is 38.0. The Labute approximate surface area is 88.1 Å². The summed E-state index contributed by atoms with van der Waals surface area (Å²) in [4.78, 5) is 2.14. The summed E-state index contributed by atoms with van der Waals surface area (Å²) in [5.41, 5.74) is 0. The first-order chi connectivity index (χ1) is 3.27. The third-order valence-electron chi connectivity index (χ3n) is 0.780. The second kappa shape index (κ2) is 22.4. The average Bonchev–Trinajstić information content (AvgIpc) is 1.61. The summed E-state index contributed by atoms with van der Waals surface area (Å²) < 4.78 is 0. The first kappa shape index (κ1) is 30.1. The van der Waals surface area contributed by atoms with Crippen molar-refractivity contribution in [2.75, 3.05) is 20.6 Å². The van der Waals surface area contributed by atoms with Crippen LogP contribution in [0.15, 0.2) is 12.7 Å². The minimum absolute atomic E-state index is 0. The van der Waals surface area contributed by atoms with E-state index in [2.05, 4.69) is 25.6 Å². The summed E-state index contributed by atoms with van der Waals surface area (Å²) in [6.07, 6.45) is 3.02. The minimum atomic E-state index is 0. The predicted octanol–water partition coefficient (Wildman–Crippen LogP) is 2.47. The first-order valence-corrected chi connectivity index (χ1v) is 2.53. The smallest absolute Gasteiger partial charge is 0.358 e. The van der Waals surface area contributed by atoms with Gasteiger partial charge in [-0.2, -0.15) is 0 Å². The quantitative estimate of drug-likeness (QED) is 0.564. The molecule has 0 heterocycles. The monoisotopic (exact) mass is 339 g/mol. The zero-order valence-electron chi connectivity index (χ0n) is 8.46. The van der Waals surface area contributed by atoms with Crippen molar-refractivity contribution >= 4 is 0 Å². The molecule has 0 saturated carbocycles. The minimum Gasteiger partial charge on any atom is -0.358 e. The predicted molar refractivity (Wildman–Crippen MR) is 52.6 cm³/mol. The fourth-order valence-electron chi connectivity index (χ4n) is 0.349. The van der Waals surface area contributed by atoms with Crippen molar-refractivity contribution in [1.29, 1.82) is 0 Å². The Kier molecular flexibility index (Phi) is 61.4. The van der Waals surface area contributed by atoms with Crippen LogP contribution in [-0.2, 0) is 21.1 Å². The molecule has 0 aliphatic heterocycles. The molecular weight excluding hydrogens is 317 g/mol. The Morgan fingerprint density at radius 1 is 1.18 bits per heavy atom. The van der Waals surface area contributed by atoms with Crippen LogP contribution in [-0.4, -0.2) is 25.5 Å². The van der Waals surface area contributed by atoms with Crippen LogP contribution in [0.2, 0.25) is 0 Å². The molecule has 0 aromatic carbocycles. The summed E-state index contributed by atoms with van der Waals surface area (Å²) in [6.45, 7) is 4.72. The van der Waals surface area contributed by atoms with Crippen molar-refractivity contribution < 1.29 is 21.1 Å². The molecule has 0 aromatic heterocycles. The fourth-order valence-corrected chi connectivity index (χ4v) is 0.349. The van der Waals surface area contributed by atoms with Gasteiger partial charge in [0.05, 0.1) is 0 Å². The van der Waals surface area contributed by atoms with Gasteiger partial charge in [-0.1, -0.05) is 6.08 Å². The van der Waals surface area contributed by atoms with E-state index >= 15 is 0 Å². The maximum atomic E-state index is 3.61. The molecule has 0 saturated heterocycles. The first-order valence-electron chi connectivity index (χ1n) is 2.53. The van der Waals surface area contributed by atoms with Crippen LogP contribution in [0, 0.1) is 22.3 Å². The molecule has 2 heteroatoms. The summed E-state index contributed by atoms with van der Waals surface area (Å²) >= 11 is 0. The maximum Gasteiger partial charge on any atom is 4.00 e. The van der Waals surface area contributed by atoms with Gasteiger partial charge < -0.3 is 27.2 Å². The molecule has 0 rings (SSSR count). The number of hydrogen-bond donors (Lipinski definition) is 0. The largest absolute Gasteiger partial charge is 4.00 e. The van der Waals surface area contributed by atoms with Gasteiger partial charge in [0.2, 0.25) is 0 Å². The van der Waals surface area contributed by atoms with Crippen LogP contribution in [0.5, 0.6) is 0 Å². The van der Waals surface area contributed by atoms with Crippen LogP contribution in [0.25, 0.3) is 0 Å². The van der Waals surface area contributed by atoms with Gasteiger partial charge in [-0.05, 0) is 20.5 Å². The average molecular weight is 339 g/mol. The van der Waals surface area contributed by atoms with E-state index in [4.69, 9.17) is 0 Å². The Morgan fingerprint density at radius 2 is 1.55 bits per heavy atom. The Morgan fingerprint density at radius 3 is 1.64 bits per heavy atom. The van der Waals surface area contributed by atoms with Gasteiger partial charge in [-0.3, -0.25) is 0 Å². The van der Waals surface area contributed by atoms with Crippen LogP contribution in [0.1, 0.15) is 6.42 Å². The van der Waals surface area contributed by atoms with Gasteiger partial charge in [-0.15, -0.1) is 6.58 Å². The Balaban J connectivity index is -0.0000000300. The maximum absolute atomic E-state index is 3.61. The molecule has 0 amide bonds. The van der Waals surface area contributed by atoms with Crippen molar-refractivity contribution in [3.63, 3.8) is 0 Å². The molecular formula is C9H22NPt+. The van der Waals surface area contributed by atoms with Gasteiger partial charge in [-0.25, -0.2) is 0 Å². The van der Waals surface area contributed by atoms with E-state index in [1.54, 1.807) is 0 Å². The second-order valence-corrected chi connectivity index (χ2v) is 1.88. The van der Waals surface area contributed by atoms with Crippen LogP contribution >= 0.6 is 0 Å². The zero-order valence-corrected chi connectivity index (χ0v) is 10.7. The molecule has 0 bridgehead atoms. The molecule has 0 radical (unpaired) electrons. The van der Waals surface area contributed by atoms with Gasteiger partial charge >= 0.3 is 21.1 Å². The summed E-state index contributed by atoms with van der Waals surface area (Å²) in [7, 11) is 4.12. The van der Waals surface area contributed by atoms with Crippen molar-refractivity contribution in [3.05, 3.63) is 34.9 Å². The SMILES string of the molecule is C=CCCN(C)C.[CH3-].[CH3-].[CH3-].[Pt+4]. The standard InChI is InChI=1S/C6H13N.3CH3.Pt/c1-4-5-6-7(2)3;;;;/h4H,1,5-6H2,2-3H3;3*1H3;/q;3*-1;+4. The van der Waals surface area contributed by atoms with E-state index in [0.717, 1.165) is 13.0 Å². The van der Waals surface area contributed by atoms with E-state index < -0.39 is 0 Å².